The average Bonchev–Trinajstić information content (AvgIpc) is 2.34. The van der Waals surface area contributed by atoms with E-state index in [-0.39, 0.29) is 11.9 Å². The van der Waals surface area contributed by atoms with Gasteiger partial charge in [0.05, 0.1) is 7.11 Å². The summed E-state index contributed by atoms with van der Waals surface area (Å²) in [7, 11) is 1.40. The molecule has 2 atom stereocenters. The highest BCUT2D eigenvalue weighted by atomic mass is 16.7. The van der Waals surface area contributed by atoms with Gasteiger partial charge in [-0.2, -0.15) is 0 Å². The van der Waals surface area contributed by atoms with Crippen LogP contribution in [-0.2, 0) is 19.0 Å². The van der Waals surface area contributed by atoms with Gasteiger partial charge in [0.2, 0.25) is 0 Å². The van der Waals surface area contributed by atoms with Crippen molar-refractivity contribution in [1.29, 1.82) is 0 Å². The maximum atomic E-state index is 11.8. The number of carbonyl (C=O) groups is 1. The fourth-order valence-corrected chi connectivity index (χ4v) is 1.68. The van der Waals surface area contributed by atoms with E-state index in [1.54, 1.807) is 0 Å². The zero-order valence-electron chi connectivity index (χ0n) is 11.7. The number of ether oxygens (including phenoxy) is 3. The molecule has 0 aliphatic carbocycles. The zero-order chi connectivity index (χ0) is 13.3. The summed E-state index contributed by atoms with van der Waals surface area (Å²) in [4.78, 5) is 11.8. The highest BCUT2D eigenvalue weighted by Gasteiger charge is 2.31. The van der Waals surface area contributed by atoms with Crippen LogP contribution in [0.5, 0.6) is 0 Å². The third-order valence-corrected chi connectivity index (χ3v) is 2.85. The van der Waals surface area contributed by atoms with Gasteiger partial charge in [-0.3, -0.25) is 4.79 Å². The molecule has 4 nitrogen and oxygen atoms in total. The molecule has 0 aliphatic heterocycles. The Labute approximate surface area is 105 Å². The van der Waals surface area contributed by atoms with Gasteiger partial charge < -0.3 is 14.2 Å². The summed E-state index contributed by atoms with van der Waals surface area (Å²) in [5.41, 5.74) is 0. The highest BCUT2D eigenvalue weighted by molar-refractivity contribution is 5.72. The summed E-state index contributed by atoms with van der Waals surface area (Å²) >= 11 is 0. The predicted octanol–water partition coefficient (Wildman–Crippen LogP) is 2.61. The van der Waals surface area contributed by atoms with E-state index in [2.05, 4.69) is 13.8 Å². The summed E-state index contributed by atoms with van der Waals surface area (Å²) in [6, 6.07) is 0. The topological polar surface area (TPSA) is 44.8 Å². The van der Waals surface area contributed by atoms with Gasteiger partial charge in [-0.1, -0.05) is 20.3 Å². The maximum Gasteiger partial charge on any atom is 0.313 e. The second kappa shape index (κ2) is 9.42. The first kappa shape index (κ1) is 16.4. The molecule has 102 valence electrons. The monoisotopic (exact) mass is 246 g/mol. The molecule has 0 N–H and O–H groups in total. The van der Waals surface area contributed by atoms with Crippen molar-refractivity contribution in [2.45, 2.75) is 46.8 Å². The van der Waals surface area contributed by atoms with Crippen molar-refractivity contribution in [3.63, 3.8) is 0 Å². The molecule has 0 saturated heterocycles. The van der Waals surface area contributed by atoms with Crippen LogP contribution in [0.2, 0.25) is 0 Å². The summed E-state index contributed by atoms with van der Waals surface area (Å²) in [5, 5.41) is 0. The zero-order valence-corrected chi connectivity index (χ0v) is 11.7. The molecule has 0 bridgehead atoms. The van der Waals surface area contributed by atoms with Gasteiger partial charge >= 0.3 is 5.97 Å². The van der Waals surface area contributed by atoms with Gasteiger partial charge in [0.25, 0.3) is 0 Å². The van der Waals surface area contributed by atoms with E-state index in [4.69, 9.17) is 14.2 Å². The third-order valence-electron chi connectivity index (χ3n) is 2.85. The van der Waals surface area contributed by atoms with Gasteiger partial charge in [0.1, 0.15) is 5.92 Å². The first-order valence-electron chi connectivity index (χ1n) is 6.41. The van der Waals surface area contributed by atoms with Crippen molar-refractivity contribution in [3.05, 3.63) is 0 Å². The van der Waals surface area contributed by atoms with E-state index < -0.39 is 6.29 Å². The van der Waals surface area contributed by atoms with E-state index in [1.165, 1.54) is 7.11 Å². The molecule has 0 aromatic heterocycles. The van der Waals surface area contributed by atoms with Gasteiger partial charge in [-0.15, -0.1) is 0 Å². The number of methoxy groups -OCH3 is 1. The summed E-state index contributed by atoms with van der Waals surface area (Å²) in [6.45, 7) is 9.06. The quantitative estimate of drug-likeness (QED) is 0.463. The first-order valence-corrected chi connectivity index (χ1v) is 6.41. The Bertz CT molecular complexity index is 200. The lowest BCUT2D eigenvalue weighted by atomic mass is 9.93. The minimum atomic E-state index is -0.494. The molecule has 0 heterocycles. The Morgan fingerprint density at radius 1 is 1.12 bits per heavy atom. The van der Waals surface area contributed by atoms with Gasteiger partial charge in [0, 0.05) is 13.2 Å². The molecule has 0 spiro atoms. The maximum absolute atomic E-state index is 11.8. The number of hydrogen-bond donors (Lipinski definition) is 0. The van der Waals surface area contributed by atoms with Gasteiger partial charge in [-0.25, -0.2) is 0 Å². The number of hydrogen-bond acceptors (Lipinski definition) is 4. The van der Waals surface area contributed by atoms with Gasteiger partial charge in [0.15, 0.2) is 6.29 Å². The molecule has 0 rings (SSSR count). The predicted molar refractivity (Wildman–Crippen MR) is 66.6 cm³/mol. The van der Waals surface area contributed by atoms with E-state index >= 15 is 0 Å². The smallest absolute Gasteiger partial charge is 0.313 e. The molecular weight excluding hydrogens is 220 g/mol. The van der Waals surface area contributed by atoms with Crippen LogP contribution < -0.4 is 0 Å². The molecule has 0 aliphatic rings. The minimum absolute atomic E-state index is 0.253. The van der Waals surface area contributed by atoms with E-state index in [1.807, 2.05) is 13.8 Å². The molecule has 0 aromatic rings. The largest absolute Gasteiger partial charge is 0.469 e. The fraction of sp³-hybridized carbons (Fsp3) is 0.923. The van der Waals surface area contributed by atoms with Gasteiger partial charge in [-0.05, 0) is 26.2 Å². The van der Waals surface area contributed by atoms with Crippen LogP contribution >= 0.6 is 0 Å². The van der Waals surface area contributed by atoms with E-state index in [0.29, 0.717) is 19.1 Å². The Balaban J connectivity index is 4.65. The molecule has 17 heavy (non-hydrogen) atoms. The summed E-state index contributed by atoms with van der Waals surface area (Å²) < 4.78 is 15.8. The summed E-state index contributed by atoms with van der Waals surface area (Å²) in [6.07, 6.45) is 1.26. The van der Waals surface area contributed by atoms with E-state index in [9.17, 15) is 4.79 Å². The summed E-state index contributed by atoms with van der Waals surface area (Å²) in [5.74, 6) is -0.144. The molecule has 0 radical (unpaired) electrons. The van der Waals surface area contributed by atoms with E-state index in [0.717, 1.165) is 12.8 Å². The minimum Gasteiger partial charge on any atom is -0.469 e. The molecule has 4 heteroatoms. The van der Waals surface area contributed by atoms with Crippen LogP contribution in [0.3, 0.4) is 0 Å². The van der Waals surface area contributed by atoms with Crippen molar-refractivity contribution >= 4 is 5.97 Å². The van der Waals surface area contributed by atoms with Crippen molar-refractivity contribution in [2.24, 2.45) is 11.8 Å². The highest BCUT2D eigenvalue weighted by Crippen LogP contribution is 2.22. The van der Waals surface area contributed by atoms with Crippen molar-refractivity contribution in [3.8, 4) is 0 Å². The lowest BCUT2D eigenvalue weighted by Crippen LogP contribution is -2.35. The molecule has 0 amide bonds. The molecule has 0 saturated carbocycles. The third kappa shape index (κ3) is 6.03. The molecule has 2 unspecified atom stereocenters. The number of carbonyl (C=O) groups excluding carboxylic acids is 1. The SMILES string of the molecule is CCOC(OCC)C(CC(C)CC)C(=O)OC. The van der Waals surface area contributed by atoms with Crippen LogP contribution in [0.1, 0.15) is 40.5 Å². The fourth-order valence-electron chi connectivity index (χ4n) is 1.68. The second-order valence-electron chi connectivity index (χ2n) is 4.16. The lowest BCUT2D eigenvalue weighted by Gasteiger charge is -2.26. The normalized spacial score (nSPS) is 14.7. The van der Waals surface area contributed by atoms with Crippen molar-refractivity contribution < 1.29 is 19.0 Å². The molecule has 0 aromatic carbocycles. The first-order chi connectivity index (χ1) is 8.10. The Hall–Kier alpha value is -0.610. The van der Waals surface area contributed by atoms with Crippen LogP contribution in [0, 0.1) is 11.8 Å². The molecular formula is C13H26O4. The standard InChI is InChI=1S/C13H26O4/c1-6-10(4)9-11(12(14)15-5)13(16-7-2)17-8-3/h10-11,13H,6-9H2,1-5H3. The number of rotatable bonds is 9. The van der Waals surface area contributed by atoms with Crippen LogP contribution in [0.25, 0.3) is 0 Å². The van der Waals surface area contributed by atoms with Crippen molar-refractivity contribution in [1.82, 2.24) is 0 Å². The number of esters is 1. The Morgan fingerprint density at radius 2 is 1.65 bits per heavy atom. The second-order valence-corrected chi connectivity index (χ2v) is 4.16. The average molecular weight is 246 g/mol. The van der Waals surface area contributed by atoms with Crippen LogP contribution in [-0.4, -0.2) is 32.6 Å². The Kier molecular flexibility index (Phi) is 9.09. The van der Waals surface area contributed by atoms with Crippen molar-refractivity contribution in [2.75, 3.05) is 20.3 Å². The lowest BCUT2D eigenvalue weighted by molar-refractivity contribution is -0.190. The molecule has 0 fully saturated rings. The van der Waals surface area contributed by atoms with Crippen LogP contribution in [0.15, 0.2) is 0 Å². The van der Waals surface area contributed by atoms with Crippen LogP contribution in [0.4, 0.5) is 0 Å². The Morgan fingerprint density at radius 3 is 2.00 bits per heavy atom.